The minimum Gasteiger partial charge on any atom is -0.368 e. The fraction of sp³-hybridized carbons (Fsp3) is 0.382. The van der Waals surface area contributed by atoms with Gasteiger partial charge in [0, 0.05) is 93.9 Å². The smallest absolute Gasteiger partial charge is 0.368 e. The van der Waals surface area contributed by atoms with Crippen molar-refractivity contribution < 1.29 is 13.2 Å². The molecule has 3 aromatic rings. The molecule has 0 atom stereocenters. The minimum absolute atomic E-state index is 0.411. The van der Waals surface area contributed by atoms with Crippen LogP contribution in [0.1, 0.15) is 35.6 Å². The van der Waals surface area contributed by atoms with E-state index in [1.165, 1.54) is 12.1 Å². The van der Waals surface area contributed by atoms with Crippen molar-refractivity contribution in [1.82, 2.24) is 20.6 Å². The molecule has 46 heavy (non-hydrogen) atoms. The fourth-order valence-electron chi connectivity index (χ4n) is 5.92. The summed E-state index contributed by atoms with van der Waals surface area (Å²) in [7, 11) is 0. The number of halogens is 3. The monoisotopic (exact) mass is 650 g/mol. The number of hydrogen-bond acceptors (Lipinski definition) is 7. The largest absolute Gasteiger partial charge is 0.416 e. The van der Waals surface area contributed by atoms with Gasteiger partial charge in [-0.1, -0.05) is 31.7 Å². The molecule has 5 rings (SSSR count). The molecule has 0 aliphatic carbocycles. The van der Waals surface area contributed by atoms with Crippen molar-refractivity contribution in [2.75, 3.05) is 73.6 Å². The number of rotatable bonds is 10. The summed E-state index contributed by atoms with van der Waals surface area (Å²) in [5.74, 6) is 0. The molecule has 0 spiro atoms. The van der Waals surface area contributed by atoms with Crippen molar-refractivity contribution in [2.45, 2.75) is 26.1 Å². The summed E-state index contributed by atoms with van der Waals surface area (Å²) >= 11 is 5.43. The highest BCUT2D eigenvalue weighted by Gasteiger charge is 2.31. The normalized spacial score (nSPS) is 16.1. The van der Waals surface area contributed by atoms with Gasteiger partial charge < -0.3 is 20.0 Å². The number of piperazine rings is 2. The number of thiocarbonyl (C=S) groups is 1. The first-order valence-corrected chi connectivity index (χ1v) is 16.1. The zero-order chi connectivity index (χ0) is 32.5. The Kier molecular flexibility index (Phi) is 11.1. The van der Waals surface area contributed by atoms with Gasteiger partial charge in [-0.05, 0) is 72.7 Å². The molecule has 3 heterocycles. The quantitative estimate of drug-likeness (QED) is 0.167. The molecule has 0 saturated carbocycles. The second-order valence-corrected chi connectivity index (χ2v) is 11.8. The van der Waals surface area contributed by atoms with Crippen LogP contribution in [0.15, 0.2) is 72.6 Å². The third kappa shape index (κ3) is 8.55. The Morgan fingerprint density at radius 2 is 1.63 bits per heavy atom. The van der Waals surface area contributed by atoms with E-state index in [0.29, 0.717) is 43.5 Å². The topological polar surface area (TPSA) is 62.3 Å². The zero-order valence-corrected chi connectivity index (χ0v) is 27.0. The van der Waals surface area contributed by atoms with Gasteiger partial charge in [-0.25, -0.2) is 0 Å². The number of hydrogen-bond donors (Lipinski definition) is 2. The number of nitrogens with zero attached hydrogens (tertiary/aromatic N) is 6. The third-order valence-electron chi connectivity index (χ3n) is 8.35. The maximum absolute atomic E-state index is 13.3. The highest BCUT2D eigenvalue weighted by atomic mass is 32.1. The van der Waals surface area contributed by atoms with Crippen LogP contribution < -0.4 is 25.4 Å². The van der Waals surface area contributed by atoms with Crippen molar-refractivity contribution in [3.05, 3.63) is 89.8 Å². The Balaban J connectivity index is 1.33. The second kappa shape index (κ2) is 15.4. The molecule has 0 unspecified atom stereocenters. The van der Waals surface area contributed by atoms with E-state index >= 15 is 0 Å². The summed E-state index contributed by atoms with van der Waals surface area (Å²) in [6.07, 6.45) is 3.93. The minimum atomic E-state index is -4.36. The Bertz CT molecular complexity index is 1500. The van der Waals surface area contributed by atoms with E-state index in [1.807, 2.05) is 23.1 Å². The van der Waals surface area contributed by atoms with Gasteiger partial charge in [-0.3, -0.25) is 15.3 Å². The van der Waals surface area contributed by atoms with Gasteiger partial charge in [0.15, 0.2) is 5.11 Å². The van der Waals surface area contributed by atoms with Crippen molar-refractivity contribution in [3.8, 4) is 0 Å². The molecule has 0 radical (unpaired) electrons. The standard InChI is InChI=1S/C34H41F3N8S/c1-3-11-42-12-14-44(15-13-42)32-22-31(45-18-16-43(17-19-45)30-9-5-8-29(21-30)34(35,36)37)27(4-2)20-28(32)25-40-41-33(46)39-24-26-7-6-10-38-23-26/h4-10,20-23,25H,2-3,11-19,24H2,1H3,(H2,39,41,46)/b40-25+. The number of hydrazone groups is 1. The average molecular weight is 651 g/mol. The maximum atomic E-state index is 13.3. The fourth-order valence-corrected chi connectivity index (χ4v) is 6.05. The number of alkyl halides is 3. The van der Waals surface area contributed by atoms with Crippen molar-refractivity contribution in [3.63, 3.8) is 0 Å². The zero-order valence-electron chi connectivity index (χ0n) is 26.1. The molecule has 8 nitrogen and oxygen atoms in total. The van der Waals surface area contributed by atoms with E-state index in [0.717, 1.165) is 73.3 Å². The summed E-state index contributed by atoms with van der Waals surface area (Å²) in [5, 5.41) is 8.03. The van der Waals surface area contributed by atoms with E-state index in [9.17, 15) is 13.2 Å². The summed E-state index contributed by atoms with van der Waals surface area (Å²) < 4.78 is 40.0. The number of benzene rings is 2. The maximum Gasteiger partial charge on any atom is 0.416 e. The molecule has 0 bridgehead atoms. The Morgan fingerprint density at radius 3 is 2.28 bits per heavy atom. The predicted octanol–water partition coefficient (Wildman–Crippen LogP) is 5.60. The van der Waals surface area contributed by atoms with Crippen LogP contribution in [0.25, 0.3) is 6.08 Å². The molecule has 0 amide bonds. The van der Waals surface area contributed by atoms with Crippen molar-refractivity contribution >= 4 is 46.7 Å². The summed E-state index contributed by atoms with van der Waals surface area (Å²) in [5.41, 5.74) is 7.98. The van der Waals surface area contributed by atoms with Crippen LogP contribution in [0.2, 0.25) is 0 Å². The highest BCUT2D eigenvalue weighted by molar-refractivity contribution is 7.80. The van der Waals surface area contributed by atoms with E-state index in [4.69, 9.17) is 12.2 Å². The lowest BCUT2D eigenvalue weighted by atomic mass is 10.0. The van der Waals surface area contributed by atoms with Crippen molar-refractivity contribution in [2.24, 2.45) is 5.10 Å². The molecule has 2 aliphatic heterocycles. The van der Waals surface area contributed by atoms with E-state index in [1.54, 1.807) is 24.7 Å². The molecule has 2 aliphatic rings. The van der Waals surface area contributed by atoms with Crippen molar-refractivity contribution in [1.29, 1.82) is 0 Å². The van der Waals surface area contributed by atoms with Gasteiger partial charge in [0.2, 0.25) is 0 Å². The Morgan fingerprint density at radius 1 is 0.935 bits per heavy atom. The van der Waals surface area contributed by atoms with Gasteiger partial charge in [0.1, 0.15) is 0 Å². The van der Waals surface area contributed by atoms with Crippen LogP contribution in [0.3, 0.4) is 0 Å². The number of pyridine rings is 1. The lowest BCUT2D eigenvalue weighted by molar-refractivity contribution is -0.137. The van der Waals surface area contributed by atoms with Crippen LogP contribution in [-0.2, 0) is 12.7 Å². The first kappa shape index (κ1) is 33.2. The van der Waals surface area contributed by atoms with E-state index in [-0.39, 0.29) is 0 Å². The number of nitrogens with one attached hydrogen (secondary N) is 2. The van der Waals surface area contributed by atoms with Crippen LogP contribution >= 0.6 is 12.2 Å². The molecule has 244 valence electrons. The molecular weight excluding hydrogens is 609 g/mol. The van der Waals surface area contributed by atoms with E-state index < -0.39 is 11.7 Å². The first-order chi connectivity index (χ1) is 22.2. The molecular formula is C34H41F3N8S. The third-order valence-corrected chi connectivity index (χ3v) is 8.59. The van der Waals surface area contributed by atoms with Crippen LogP contribution in [0, 0.1) is 0 Å². The second-order valence-electron chi connectivity index (χ2n) is 11.4. The lowest BCUT2D eigenvalue weighted by Gasteiger charge is -2.40. The molecule has 2 fully saturated rings. The summed E-state index contributed by atoms with van der Waals surface area (Å²) in [6, 6.07) is 13.8. The number of aromatic nitrogens is 1. The molecule has 2 aromatic carbocycles. The van der Waals surface area contributed by atoms with Crippen LogP contribution in [0.4, 0.5) is 30.2 Å². The first-order valence-electron chi connectivity index (χ1n) is 15.7. The van der Waals surface area contributed by atoms with Crippen LogP contribution in [-0.4, -0.2) is 80.1 Å². The highest BCUT2D eigenvalue weighted by Crippen LogP contribution is 2.34. The molecule has 1 aromatic heterocycles. The lowest BCUT2D eigenvalue weighted by Crippen LogP contribution is -2.48. The van der Waals surface area contributed by atoms with Crippen LogP contribution in [0.5, 0.6) is 0 Å². The Hall–Kier alpha value is -4.16. The summed E-state index contributed by atoms with van der Waals surface area (Å²) in [4.78, 5) is 13.3. The Labute approximate surface area is 274 Å². The van der Waals surface area contributed by atoms with Gasteiger partial charge in [0.25, 0.3) is 0 Å². The number of anilines is 3. The van der Waals surface area contributed by atoms with Gasteiger partial charge in [0.05, 0.1) is 11.8 Å². The van der Waals surface area contributed by atoms with Gasteiger partial charge >= 0.3 is 6.18 Å². The molecule has 12 heteroatoms. The average Bonchev–Trinajstić information content (AvgIpc) is 3.08. The van der Waals surface area contributed by atoms with Gasteiger partial charge in [-0.15, -0.1) is 0 Å². The molecule has 2 N–H and O–H groups in total. The SMILES string of the molecule is C=Cc1cc(/C=N/NC(=S)NCc2cccnc2)c(N2CCN(CCC)CC2)cc1N1CCN(c2cccc(C(F)(F)F)c2)CC1. The predicted molar refractivity (Wildman–Crippen MR) is 186 cm³/mol. The van der Waals surface area contributed by atoms with Gasteiger partial charge in [-0.2, -0.15) is 18.3 Å². The molecule has 2 saturated heterocycles. The summed E-state index contributed by atoms with van der Waals surface area (Å²) in [6.45, 7) is 14.3. The van der Waals surface area contributed by atoms with E-state index in [2.05, 4.69) is 61.2 Å².